The molecular formula is C12H12BrN5O3. The van der Waals surface area contributed by atoms with Gasteiger partial charge in [-0.25, -0.2) is 4.68 Å². The van der Waals surface area contributed by atoms with Crippen LogP contribution in [0, 0.1) is 0 Å². The monoisotopic (exact) mass is 353 g/mol. The number of hydrogen-bond acceptors (Lipinski definition) is 5. The molecule has 0 fully saturated rings. The van der Waals surface area contributed by atoms with Crippen molar-refractivity contribution in [3.63, 3.8) is 0 Å². The number of halogens is 1. The van der Waals surface area contributed by atoms with Crippen molar-refractivity contribution in [1.29, 1.82) is 0 Å². The van der Waals surface area contributed by atoms with E-state index in [9.17, 15) is 9.59 Å². The number of aliphatic carboxylic acids is 1. The first kappa shape index (κ1) is 15.0. The summed E-state index contributed by atoms with van der Waals surface area (Å²) in [4.78, 5) is 21.6. The molecule has 1 aromatic heterocycles. The Labute approximate surface area is 128 Å². The number of amides is 1. The zero-order valence-electron chi connectivity index (χ0n) is 10.8. The lowest BCUT2D eigenvalue weighted by molar-refractivity contribution is -0.137. The van der Waals surface area contributed by atoms with E-state index in [1.807, 2.05) is 0 Å². The van der Waals surface area contributed by atoms with Crippen LogP contribution in [0.4, 0.5) is 5.69 Å². The number of benzene rings is 1. The van der Waals surface area contributed by atoms with Crippen molar-refractivity contribution in [2.45, 2.75) is 13.1 Å². The first-order valence-corrected chi connectivity index (χ1v) is 6.69. The lowest BCUT2D eigenvalue weighted by Gasteiger charge is -2.06. The lowest BCUT2D eigenvalue weighted by Crippen LogP contribution is -2.11. The summed E-state index contributed by atoms with van der Waals surface area (Å²) >= 11 is 3.27. The minimum Gasteiger partial charge on any atom is -0.480 e. The normalized spacial score (nSPS) is 10.3. The number of nitrogens with one attached hydrogen (secondary N) is 1. The van der Waals surface area contributed by atoms with Crippen LogP contribution in [-0.2, 0) is 17.9 Å². The second-order valence-electron chi connectivity index (χ2n) is 4.21. The molecular weight excluding hydrogens is 342 g/mol. The van der Waals surface area contributed by atoms with Crippen LogP contribution in [0.25, 0.3) is 0 Å². The number of carbonyl (C=O) groups is 2. The molecule has 0 atom stereocenters. The number of anilines is 1. The van der Waals surface area contributed by atoms with Gasteiger partial charge in [-0.2, -0.15) is 0 Å². The molecule has 0 bridgehead atoms. The smallest absolute Gasteiger partial charge is 0.325 e. The number of hydrogen-bond donors (Lipinski definition) is 3. The molecule has 0 aliphatic carbocycles. The quantitative estimate of drug-likeness (QED) is 0.706. The Hall–Kier alpha value is -2.42. The summed E-state index contributed by atoms with van der Waals surface area (Å²) in [5.41, 5.74) is 6.98. The van der Waals surface area contributed by atoms with Crippen LogP contribution >= 0.6 is 15.9 Å². The van der Waals surface area contributed by atoms with E-state index in [0.717, 1.165) is 5.69 Å². The van der Waals surface area contributed by atoms with Crippen molar-refractivity contribution in [2.24, 2.45) is 5.73 Å². The molecule has 2 rings (SSSR count). The first-order valence-electron chi connectivity index (χ1n) is 5.89. The van der Waals surface area contributed by atoms with Crippen LogP contribution in [-0.4, -0.2) is 32.0 Å². The predicted octanol–water partition coefficient (Wildman–Crippen LogP) is 0.836. The third-order valence-corrected chi connectivity index (χ3v) is 3.25. The van der Waals surface area contributed by atoms with Crippen LogP contribution < -0.4 is 11.1 Å². The Balaban J connectivity index is 1.99. The molecule has 0 aliphatic heterocycles. The molecule has 8 nitrogen and oxygen atoms in total. The molecule has 0 spiro atoms. The number of nitrogens with two attached hydrogens (primary N) is 1. The number of primary amides is 1. The van der Waals surface area contributed by atoms with Crippen LogP contribution in [0.1, 0.15) is 16.1 Å². The summed E-state index contributed by atoms with van der Waals surface area (Å²) in [7, 11) is 0. The van der Waals surface area contributed by atoms with Crippen LogP contribution in [0.3, 0.4) is 0 Å². The number of aromatic nitrogens is 3. The van der Waals surface area contributed by atoms with Gasteiger partial charge in [-0.15, -0.1) is 5.10 Å². The van der Waals surface area contributed by atoms with Crippen molar-refractivity contribution in [3.8, 4) is 0 Å². The highest BCUT2D eigenvalue weighted by Gasteiger charge is 2.07. The van der Waals surface area contributed by atoms with Gasteiger partial charge in [0.05, 0.1) is 18.3 Å². The molecule has 9 heteroatoms. The van der Waals surface area contributed by atoms with Crippen molar-refractivity contribution >= 4 is 33.5 Å². The SMILES string of the molecule is NC(=O)c1ccc(NCc2cn(CC(=O)O)nn2)cc1Br. The third-order valence-electron chi connectivity index (χ3n) is 2.59. The van der Waals surface area contributed by atoms with Gasteiger partial charge in [0.2, 0.25) is 5.91 Å². The van der Waals surface area contributed by atoms with Gasteiger partial charge in [0.15, 0.2) is 0 Å². The maximum Gasteiger partial charge on any atom is 0.325 e. The van der Waals surface area contributed by atoms with Crippen LogP contribution in [0.15, 0.2) is 28.9 Å². The first-order chi connectivity index (χ1) is 9.95. The summed E-state index contributed by atoms with van der Waals surface area (Å²) < 4.78 is 1.83. The van der Waals surface area contributed by atoms with Gasteiger partial charge in [0, 0.05) is 10.2 Å². The highest BCUT2D eigenvalue weighted by atomic mass is 79.9. The van der Waals surface area contributed by atoms with Gasteiger partial charge in [-0.1, -0.05) is 5.21 Å². The number of nitrogens with zero attached hydrogens (tertiary/aromatic N) is 3. The minimum absolute atomic E-state index is 0.230. The fourth-order valence-electron chi connectivity index (χ4n) is 1.65. The minimum atomic E-state index is -0.981. The largest absolute Gasteiger partial charge is 0.480 e. The molecule has 110 valence electrons. The van der Waals surface area contributed by atoms with Crippen LogP contribution in [0.2, 0.25) is 0 Å². The maximum absolute atomic E-state index is 11.1. The third kappa shape index (κ3) is 4.02. The second kappa shape index (κ2) is 6.35. The van der Waals surface area contributed by atoms with E-state index < -0.39 is 11.9 Å². The molecule has 0 saturated heterocycles. The van der Waals surface area contributed by atoms with E-state index in [1.54, 1.807) is 24.4 Å². The van der Waals surface area contributed by atoms with Crippen molar-refractivity contribution < 1.29 is 14.7 Å². The predicted molar refractivity (Wildman–Crippen MR) is 77.6 cm³/mol. The summed E-state index contributed by atoms with van der Waals surface area (Å²) in [5.74, 6) is -1.49. The maximum atomic E-state index is 11.1. The lowest BCUT2D eigenvalue weighted by atomic mass is 10.2. The summed E-state index contributed by atoms with van der Waals surface area (Å²) in [6.45, 7) is 0.147. The Kier molecular flexibility index (Phi) is 4.53. The molecule has 0 saturated carbocycles. The Morgan fingerprint density at radius 2 is 2.19 bits per heavy atom. The highest BCUT2D eigenvalue weighted by Crippen LogP contribution is 2.21. The number of carboxylic acid groups (broad SMARTS) is 1. The van der Waals surface area contributed by atoms with Crippen molar-refractivity contribution in [2.75, 3.05) is 5.32 Å². The molecule has 2 aromatic rings. The second-order valence-corrected chi connectivity index (χ2v) is 5.07. The molecule has 1 aromatic carbocycles. The fourth-order valence-corrected chi connectivity index (χ4v) is 2.23. The van der Waals surface area contributed by atoms with Gasteiger partial charge in [0.1, 0.15) is 12.2 Å². The molecule has 0 unspecified atom stereocenters. The van der Waals surface area contributed by atoms with Gasteiger partial charge < -0.3 is 16.2 Å². The molecule has 4 N–H and O–H groups in total. The fraction of sp³-hybridized carbons (Fsp3) is 0.167. The Bertz CT molecular complexity index is 685. The van der Waals surface area contributed by atoms with E-state index in [0.29, 0.717) is 22.3 Å². The topological polar surface area (TPSA) is 123 Å². The number of rotatable bonds is 6. The summed E-state index contributed by atoms with van der Waals surface area (Å²) in [6.07, 6.45) is 1.55. The van der Waals surface area contributed by atoms with Crippen molar-refractivity contribution in [1.82, 2.24) is 15.0 Å². The van der Waals surface area contributed by atoms with E-state index in [-0.39, 0.29) is 6.54 Å². The summed E-state index contributed by atoms with van der Waals surface area (Å²) in [5, 5.41) is 19.3. The van der Waals surface area contributed by atoms with Gasteiger partial charge in [0.25, 0.3) is 0 Å². The van der Waals surface area contributed by atoms with Crippen LogP contribution in [0.5, 0.6) is 0 Å². The Morgan fingerprint density at radius 3 is 2.81 bits per heavy atom. The molecule has 0 radical (unpaired) electrons. The van der Waals surface area contributed by atoms with Gasteiger partial charge >= 0.3 is 5.97 Å². The molecule has 1 amide bonds. The molecule has 1 heterocycles. The van der Waals surface area contributed by atoms with E-state index in [2.05, 4.69) is 31.6 Å². The van der Waals surface area contributed by atoms with E-state index in [4.69, 9.17) is 10.8 Å². The van der Waals surface area contributed by atoms with E-state index in [1.165, 1.54) is 4.68 Å². The molecule has 0 aliphatic rings. The van der Waals surface area contributed by atoms with Crippen molar-refractivity contribution in [3.05, 3.63) is 40.1 Å². The number of carbonyl (C=O) groups excluding carboxylic acids is 1. The highest BCUT2D eigenvalue weighted by molar-refractivity contribution is 9.10. The zero-order valence-corrected chi connectivity index (χ0v) is 12.4. The van der Waals surface area contributed by atoms with Gasteiger partial charge in [-0.05, 0) is 34.1 Å². The standard InChI is InChI=1S/C12H12BrN5O3/c13-10-3-7(1-2-9(10)12(14)21)15-4-8-5-18(17-16-8)6-11(19)20/h1-3,5,15H,4,6H2,(H2,14,21)(H,19,20). The van der Waals surface area contributed by atoms with E-state index >= 15 is 0 Å². The Morgan fingerprint density at radius 1 is 1.43 bits per heavy atom. The average molecular weight is 354 g/mol. The van der Waals surface area contributed by atoms with Gasteiger partial charge in [-0.3, -0.25) is 9.59 Å². The zero-order chi connectivity index (χ0) is 15.4. The molecule has 21 heavy (non-hydrogen) atoms. The summed E-state index contributed by atoms with van der Waals surface area (Å²) in [6, 6.07) is 5.05. The number of carboxylic acids is 1. The average Bonchev–Trinajstić information content (AvgIpc) is 2.82.